The van der Waals surface area contributed by atoms with Gasteiger partial charge in [-0.25, -0.2) is 0 Å². The minimum Gasteiger partial charge on any atom is -0.481 e. The highest BCUT2D eigenvalue weighted by molar-refractivity contribution is 6.18. The third-order valence-corrected chi connectivity index (χ3v) is 0.327. The summed E-state index contributed by atoms with van der Waals surface area (Å²) in [5.74, 6) is -0.278. The Morgan fingerprint density at radius 1 is 2.00 bits per heavy atom. The van der Waals surface area contributed by atoms with Gasteiger partial charge in [0.05, 0.1) is 0 Å². The predicted molar refractivity (Wildman–Crippen MR) is 34.2 cm³/mol. The van der Waals surface area contributed by atoms with Gasteiger partial charge in [-0.3, -0.25) is 4.79 Å². The quantitative estimate of drug-likeness (QED) is 0.438. The average Bonchev–Trinajstić information content (AvgIpc) is 1.65. The van der Waals surface area contributed by atoms with Crippen LogP contribution in [0, 0.1) is 0 Å². The van der Waals surface area contributed by atoms with E-state index in [1.165, 1.54) is 0 Å². The number of rotatable bonds is 1. The number of carbonyl (C=O) groups is 1. The van der Waals surface area contributed by atoms with Crippen LogP contribution in [0.25, 0.3) is 0 Å². The highest BCUT2D eigenvalue weighted by atomic mass is 35.5. The van der Waals surface area contributed by atoms with Gasteiger partial charge in [-0.15, -0.1) is 18.2 Å². The number of alkyl halides is 1. The molecule has 0 atom stereocenters. The van der Waals surface area contributed by atoms with E-state index in [1.54, 1.807) is 6.08 Å². The zero-order valence-electron chi connectivity index (χ0n) is 4.72. The topological polar surface area (TPSA) is 37.3 Å². The molecule has 0 spiro atoms. The molecule has 0 heterocycles. The second kappa shape index (κ2) is 9.71. The number of halogens is 1. The Bertz CT molecular complexity index is 66.8. The Morgan fingerprint density at radius 3 is 2.12 bits per heavy atom. The molecule has 0 saturated heterocycles. The van der Waals surface area contributed by atoms with E-state index in [0.29, 0.717) is 5.88 Å². The summed E-state index contributed by atoms with van der Waals surface area (Å²) in [5.41, 5.74) is 0. The van der Waals surface area contributed by atoms with Crippen molar-refractivity contribution in [2.24, 2.45) is 0 Å². The van der Waals surface area contributed by atoms with E-state index in [9.17, 15) is 0 Å². The van der Waals surface area contributed by atoms with Crippen LogP contribution < -0.4 is 0 Å². The van der Waals surface area contributed by atoms with Crippen molar-refractivity contribution in [1.29, 1.82) is 0 Å². The van der Waals surface area contributed by atoms with Crippen molar-refractivity contribution < 1.29 is 9.90 Å². The molecule has 0 aromatic carbocycles. The first kappa shape index (κ1) is 10.5. The summed E-state index contributed by atoms with van der Waals surface area (Å²) in [6, 6.07) is 0. The van der Waals surface area contributed by atoms with Crippen molar-refractivity contribution in [3.63, 3.8) is 0 Å². The third kappa shape index (κ3) is 446. The minimum atomic E-state index is -0.833. The van der Waals surface area contributed by atoms with Crippen LogP contribution in [0.4, 0.5) is 0 Å². The van der Waals surface area contributed by atoms with Crippen LogP contribution in [0.15, 0.2) is 12.7 Å². The van der Waals surface area contributed by atoms with Gasteiger partial charge >= 0.3 is 0 Å². The first-order valence-corrected chi connectivity index (χ1v) is 2.55. The van der Waals surface area contributed by atoms with E-state index >= 15 is 0 Å². The van der Waals surface area contributed by atoms with Crippen molar-refractivity contribution in [2.75, 3.05) is 5.88 Å². The summed E-state index contributed by atoms with van der Waals surface area (Å²) in [6.07, 6.45) is 1.64. The molecule has 0 aliphatic carbocycles. The number of carboxylic acid groups (broad SMARTS) is 1. The van der Waals surface area contributed by atoms with Crippen molar-refractivity contribution in [3.8, 4) is 0 Å². The molecule has 0 unspecified atom stereocenters. The summed E-state index contributed by atoms with van der Waals surface area (Å²) >= 11 is 5.07. The van der Waals surface area contributed by atoms with E-state index in [-0.39, 0.29) is 0 Å². The van der Waals surface area contributed by atoms with Crippen molar-refractivity contribution in [3.05, 3.63) is 12.7 Å². The lowest BCUT2D eigenvalue weighted by molar-refractivity contribution is -0.134. The molecule has 0 bridgehead atoms. The maximum atomic E-state index is 9.00. The van der Waals surface area contributed by atoms with Gasteiger partial charge in [0, 0.05) is 12.8 Å². The highest BCUT2D eigenvalue weighted by Crippen LogP contribution is 1.67. The lowest BCUT2D eigenvalue weighted by atomic mass is 10.8. The van der Waals surface area contributed by atoms with Gasteiger partial charge in [-0.1, -0.05) is 6.08 Å². The minimum absolute atomic E-state index is 0.556. The molecule has 0 aromatic heterocycles. The monoisotopic (exact) mass is 136 g/mol. The van der Waals surface area contributed by atoms with Gasteiger partial charge in [0.25, 0.3) is 5.97 Å². The number of allylic oxidation sites excluding steroid dienone is 1. The fourth-order valence-electron chi connectivity index (χ4n) is 0. The van der Waals surface area contributed by atoms with Crippen LogP contribution in [0.1, 0.15) is 6.92 Å². The number of aliphatic carboxylic acids is 1. The van der Waals surface area contributed by atoms with E-state index in [4.69, 9.17) is 21.5 Å². The molecule has 0 radical (unpaired) electrons. The smallest absolute Gasteiger partial charge is 0.300 e. The van der Waals surface area contributed by atoms with Crippen LogP contribution >= 0.6 is 11.6 Å². The van der Waals surface area contributed by atoms with Crippen molar-refractivity contribution >= 4 is 17.6 Å². The maximum Gasteiger partial charge on any atom is 0.300 e. The van der Waals surface area contributed by atoms with Crippen molar-refractivity contribution in [2.45, 2.75) is 6.92 Å². The number of hydrogen-bond donors (Lipinski definition) is 1. The highest BCUT2D eigenvalue weighted by Gasteiger charge is 1.65. The number of carboxylic acids is 1. The molecule has 8 heavy (non-hydrogen) atoms. The van der Waals surface area contributed by atoms with Gasteiger partial charge in [-0.05, 0) is 0 Å². The van der Waals surface area contributed by atoms with Crippen LogP contribution in [-0.4, -0.2) is 17.0 Å². The summed E-state index contributed by atoms with van der Waals surface area (Å²) in [7, 11) is 0. The van der Waals surface area contributed by atoms with Crippen molar-refractivity contribution in [1.82, 2.24) is 0 Å². The lowest BCUT2D eigenvalue weighted by Crippen LogP contribution is -1.78. The van der Waals surface area contributed by atoms with E-state index in [2.05, 4.69) is 6.58 Å². The Morgan fingerprint density at radius 2 is 2.12 bits per heavy atom. The van der Waals surface area contributed by atoms with Gasteiger partial charge in [0.2, 0.25) is 0 Å². The summed E-state index contributed by atoms with van der Waals surface area (Å²) in [6.45, 7) is 4.43. The zero-order chi connectivity index (χ0) is 6.99. The van der Waals surface area contributed by atoms with Gasteiger partial charge in [0.1, 0.15) is 0 Å². The first-order chi connectivity index (χ1) is 3.65. The molecule has 0 rings (SSSR count). The van der Waals surface area contributed by atoms with Crippen LogP contribution in [-0.2, 0) is 4.79 Å². The van der Waals surface area contributed by atoms with E-state index < -0.39 is 5.97 Å². The Labute approximate surface area is 53.8 Å². The molecular formula is C5H9ClO2. The summed E-state index contributed by atoms with van der Waals surface area (Å²) in [5, 5.41) is 7.42. The predicted octanol–water partition coefficient (Wildman–Crippen LogP) is 1.50. The second-order valence-corrected chi connectivity index (χ2v) is 1.27. The molecular weight excluding hydrogens is 128 g/mol. The van der Waals surface area contributed by atoms with Crippen LogP contribution in [0.3, 0.4) is 0 Å². The molecule has 2 nitrogen and oxygen atoms in total. The molecule has 0 aliphatic heterocycles. The molecule has 0 saturated carbocycles. The average molecular weight is 137 g/mol. The molecule has 3 heteroatoms. The number of hydrogen-bond acceptors (Lipinski definition) is 1. The Balaban J connectivity index is 0. The van der Waals surface area contributed by atoms with Gasteiger partial charge in [-0.2, -0.15) is 0 Å². The summed E-state index contributed by atoms with van der Waals surface area (Å²) < 4.78 is 0. The fourth-order valence-corrected chi connectivity index (χ4v) is 0. The fraction of sp³-hybridized carbons (Fsp3) is 0.400. The molecule has 0 fully saturated rings. The van der Waals surface area contributed by atoms with E-state index in [1.807, 2.05) is 0 Å². The Hall–Kier alpha value is -0.500. The van der Waals surface area contributed by atoms with Crippen LogP contribution in [0.5, 0.6) is 0 Å². The van der Waals surface area contributed by atoms with Gasteiger partial charge in [0.15, 0.2) is 0 Å². The molecule has 0 aromatic rings. The maximum absolute atomic E-state index is 9.00. The van der Waals surface area contributed by atoms with Gasteiger partial charge < -0.3 is 5.11 Å². The molecule has 1 N–H and O–H groups in total. The standard InChI is InChI=1S/C3H5Cl.C2H4O2/c1-2-3-4;1-2(3)4/h2H,1,3H2;1H3,(H,3,4). The normalized spacial score (nSPS) is 6.25. The molecule has 0 aliphatic rings. The van der Waals surface area contributed by atoms with Crippen LogP contribution in [0.2, 0.25) is 0 Å². The molecule has 48 valence electrons. The Kier molecular flexibility index (Phi) is 12.7. The first-order valence-electron chi connectivity index (χ1n) is 2.01. The largest absolute Gasteiger partial charge is 0.481 e. The lowest BCUT2D eigenvalue weighted by Gasteiger charge is -1.59. The zero-order valence-corrected chi connectivity index (χ0v) is 5.48. The second-order valence-electron chi connectivity index (χ2n) is 0.962. The third-order valence-electron chi connectivity index (χ3n) is 0.109. The SMILES string of the molecule is C=CCCl.CC(=O)O. The molecule has 0 amide bonds. The van der Waals surface area contributed by atoms with E-state index in [0.717, 1.165) is 6.92 Å². The summed E-state index contributed by atoms with van der Waals surface area (Å²) in [4.78, 5) is 9.00.